The maximum atomic E-state index is 13.1. The molecule has 0 N–H and O–H groups in total. The molecule has 0 spiro atoms. The Balaban J connectivity index is 1.51. The van der Waals surface area contributed by atoms with Crippen molar-refractivity contribution >= 4 is 10.0 Å². The molecule has 1 aromatic heterocycles. The van der Waals surface area contributed by atoms with E-state index in [0.717, 1.165) is 11.3 Å². The molecule has 0 unspecified atom stereocenters. The van der Waals surface area contributed by atoms with Crippen LogP contribution in [-0.4, -0.2) is 36.9 Å². The van der Waals surface area contributed by atoms with Gasteiger partial charge in [0.25, 0.3) is 0 Å². The first kappa shape index (κ1) is 18.7. The first-order valence-corrected chi connectivity index (χ1v) is 10.5. The van der Waals surface area contributed by atoms with Crippen LogP contribution < -0.4 is 4.74 Å². The first-order valence-electron chi connectivity index (χ1n) is 9.10. The number of benzene rings is 2. The number of aryl methyl sites for hydroxylation is 3. The molecule has 0 bridgehead atoms. The van der Waals surface area contributed by atoms with Gasteiger partial charge in [0.1, 0.15) is 11.9 Å². The van der Waals surface area contributed by atoms with E-state index in [4.69, 9.17) is 9.15 Å². The number of oxazole rings is 1. The lowest BCUT2D eigenvalue weighted by Gasteiger charge is -2.38. The summed E-state index contributed by atoms with van der Waals surface area (Å²) in [6.45, 7) is 6.21. The van der Waals surface area contributed by atoms with Crippen molar-refractivity contribution in [2.24, 2.45) is 0 Å². The highest BCUT2D eigenvalue weighted by atomic mass is 32.2. The van der Waals surface area contributed by atoms with Gasteiger partial charge in [0, 0.05) is 12.5 Å². The first-order chi connectivity index (χ1) is 13.3. The summed E-state index contributed by atoms with van der Waals surface area (Å²) in [5.74, 6) is 1.86. The zero-order valence-corrected chi connectivity index (χ0v) is 16.9. The summed E-state index contributed by atoms with van der Waals surface area (Å²) >= 11 is 0. The highest BCUT2D eigenvalue weighted by molar-refractivity contribution is 7.89. The maximum absolute atomic E-state index is 13.1. The topological polar surface area (TPSA) is 72.6 Å². The third-order valence-corrected chi connectivity index (χ3v) is 6.79. The van der Waals surface area contributed by atoms with Crippen LogP contribution in [0.3, 0.4) is 0 Å². The number of hydrogen-bond acceptors (Lipinski definition) is 5. The number of hydrogen-bond donors (Lipinski definition) is 0. The Bertz CT molecular complexity index is 1110. The van der Waals surface area contributed by atoms with E-state index in [0.29, 0.717) is 35.9 Å². The molecule has 6 nitrogen and oxygen atoms in total. The molecule has 1 aliphatic heterocycles. The molecular weight excluding hydrogens is 376 g/mol. The second kappa shape index (κ2) is 7.07. The molecule has 2 heterocycles. The SMILES string of the molecule is Cc1cccc(OC2CN(S(=O)(=O)c3cc(-c4cnc(C)o4)ccc3C)C2)c1. The lowest BCUT2D eigenvalue weighted by Crippen LogP contribution is -2.56. The van der Waals surface area contributed by atoms with Crippen molar-refractivity contribution in [1.29, 1.82) is 0 Å². The molecule has 2 aromatic carbocycles. The van der Waals surface area contributed by atoms with Crippen molar-refractivity contribution in [3.63, 3.8) is 0 Å². The Labute approximate surface area is 164 Å². The largest absolute Gasteiger partial charge is 0.488 e. The lowest BCUT2D eigenvalue weighted by molar-refractivity contribution is 0.0761. The van der Waals surface area contributed by atoms with E-state index in [1.165, 1.54) is 4.31 Å². The normalized spacial score (nSPS) is 15.4. The van der Waals surface area contributed by atoms with Crippen molar-refractivity contribution in [2.45, 2.75) is 31.8 Å². The van der Waals surface area contributed by atoms with Gasteiger partial charge < -0.3 is 9.15 Å². The van der Waals surface area contributed by atoms with E-state index in [2.05, 4.69) is 4.98 Å². The predicted octanol–water partition coefficient (Wildman–Crippen LogP) is 3.72. The van der Waals surface area contributed by atoms with Gasteiger partial charge in [-0.2, -0.15) is 4.31 Å². The molecule has 146 valence electrons. The highest BCUT2D eigenvalue weighted by Crippen LogP contribution is 2.30. The molecule has 0 atom stereocenters. The van der Waals surface area contributed by atoms with Gasteiger partial charge in [-0.15, -0.1) is 0 Å². The zero-order valence-electron chi connectivity index (χ0n) is 16.0. The Hall–Kier alpha value is -2.64. The van der Waals surface area contributed by atoms with Crippen molar-refractivity contribution in [1.82, 2.24) is 9.29 Å². The van der Waals surface area contributed by atoms with Gasteiger partial charge in [0.2, 0.25) is 10.0 Å². The van der Waals surface area contributed by atoms with Crippen molar-refractivity contribution in [3.8, 4) is 17.1 Å². The van der Waals surface area contributed by atoms with Gasteiger partial charge >= 0.3 is 0 Å². The molecule has 7 heteroatoms. The summed E-state index contributed by atoms with van der Waals surface area (Å²) in [7, 11) is -3.60. The molecule has 0 amide bonds. The van der Waals surface area contributed by atoms with Crippen LogP contribution in [0.4, 0.5) is 0 Å². The van der Waals surface area contributed by atoms with Crippen molar-refractivity contribution < 1.29 is 17.6 Å². The second-order valence-corrected chi connectivity index (χ2v) is 9.01. The van der Waals surface area contributed by atoms with E-state index in [1.807, 2.05) is 37.3 Å². The quantitative estimate of drug-likeness (QED) is 0.655. The molecule has 4 rings (SSSR count). The Morgan fingerprint density at radius 3 is 2.57 bits per heavy atom. The fraction of sp³-hybridized carbons (Fsp3) is 0.286. The molecule has 0 saturated carbocycles. The van der Waals surface area contributed by atoms with Crippen molar-refractivity contribution in [2.75, 3.05) is 13.1 Å². The van der Waals surface area contributed by atoms with Crippen LogP contribution in [0.5, 0.6) is 5.75 Å². The van der Waals surface area contributed by atoms with Crippen LogP contribution >= 0.6 is 0 Å². The summed E-state index contributed by atoms with van der Waals surface area (Å²) in [5, 5.41) is 0. The van der Waals surface area contributed by atoms with Gasteiger partial charge in [0.15, 0.2) is 11.7 Å². The molecule has 1 aliphatic rings. The third kappa shape index (κ3) is 3.55. The molecule has 0 aliphatic carbocycles. The predicted molar refractivity (Wildman–Crippen MR) is 106 cm³/mol. The van der Waals surface area contributed by atoms with Crippen LogP contribution in [0, 0.1) is 20.8 Å². The van der Waals surface area contributed by atoms with Gasteiger partial charge in [-0.05, 0) is 43.2 Å². The number of nitrogens with zero attached hydrogens (tertiary/aromatic N) is 2. The number of ether oxygens (including phenoxy) is 1. The Kier molecular flexibility index (Phi) is 4.72. The standard InChI is InChI=1S/C21H22N2O4S/c1-14-5-4-6-18(9-14)27-19-12-23(13-19)28(24,25)21-10-17(8-7-15(21)2)20-11-22-16(3)26-20/h4-11,19H,12-13H2,1-3H3. The monoisotopic (exact) mass is 398 g/mol. The molecule has 0 radical (unpaired) electrons. The molecule has 1 fully saturated rings. The van der Waals surface area contributed by atoms with E-state index in [1.54, 1.807) is 32.2 Å². The lowest BCUT2D eigenvalue weighted by atomic mass is 10.1. The second-order valence-electron chi connectivity index (χ2n) is 7.10. The summed E-state index contributed by atoms with van der Waals surface area (Å²) in [6, 6.07) is 13.0. The number of rotatable bonds is 5. The van der Waals surface area contributed by atoms with E-state index in [9.17, 15) is 8.42 Å². The average Bonchev–Trinajstić information content (AvgIpc) is 3.04. The maximum Gasteiger partial charge on any atom is 0.243 e. The highest BCUT2D eigenvalue weighted by Gasteiger charge is 2.39. The minimum absolute atomic E-state index is 0.142. The van der Waals surface area contributed by atoms with Gasteiger partial charge in [0.05, 0.1) is 24.2 Å². The van der Waals surface area contributed by atoms with Crippen LogP contribution in [0.2, 0.25) is 0 Å². The Morgan fingerprint density at radius 1 is 1.11 bits per heavy atom. The third-order valence-electron chi connectivity index (χ3n) is 4.82. The summed E-state index contributed by atoms with van der Waals surface area (Å²) in [6.07, 6.45) is 1.46. The van der Waals surface area contributed by atoms with Crippen LogP contribution in [0.1, 0.15) is 17.0 Å². The number of sulfonamides is 1. The van der Waals surface area contributed by atoms with Gasteiger partial charge in [-0.3, -0.25) is 0 Å². The van der Waals surface area contributed by atoms with Crippen LogP contribution in [0.15, 0.2) is 58.0 Å². The molecular formula is C21H22N2O4S. The zero-order chi connectivity index (χ0) is 19.9. The molecule has 1 saturated heterocycles. The summed E-state index contributed by atoms with van der Waals surface area (Å²) in [5.41, 5.74) is 2.50. The summed E-state index contributed by atoms with van der Waals surface area (Å²) < 4.78 is 39.1. The fourth-order valence-electron chi connectivity index (χ4n) is 3.22. The van der Waals surface area contributed by atoms with Gasteiger partial charge in [-0.25, -0.2) is 13.4 Å². The van der Waals surface area contributed by atoms with Crippen LogP contribution in [0.25, 0.3) is 11.3 Å². The summed E-state index contributed by atoms with van der Waals surface area (Å²) in [4.78, 5) is 4.37. The van der Waals surface area contributed by atoms with E-state index < -0.39 is 10.0 Å². The smallest absolute Gasteiger partial charge is 0.243 e. The number of aromatic nitrogens is 1. The molecule has 28 heavy (non-hydrogen) atoms. The minimum Gasteiger partial charge on any atom is -0.488 e. The van der Waals surface area contributed by atoms with E-state index >= 15 is 0 Å². The minimum atomic E-state index is -3.60. The van der Waals surface area contributed by atoms with Crippen molar-refractivity contribution in [3.05, 3.63) is 65.7 Å². The average molecular weight is 398 g/mol. The van der Waals surface area contributed by atoms with Gasteiger partial charge in [-0.1, -0.05) is 24.3 Å². The molecule has 3 aromatic rings. The Morgan fingerprint density at radius 2 is 1.89 bits per heavy atom. The fourth-order valence-corrected chi connectivity index (χ4v) is 4.97. The van der Waals surface area contributed by atoms with Crippen LogP contribution in [-0.2, 0) is 10.0 Å². The van der Waals surface area contributed by atoms with E-state index in [-0.39, 0.29) is 11.0 Å².